The Hall–Kier alpha value is -2.41. The molecule has 1 saturated heterocycles. The first-order valence-electron chi connectivity index (χ1n) is 9.82. The third-order valence-electron chi connectivity index (χ3n) is 6.11. The number of nitrogens with zero attached hydrogens (tertiary/aromatic N) is 2. The molecule has 0 radical (unpaired) electrons. The molecule has 1 aliphatic carbocycles. The summed E-state index contributed by atoms with van der Waals surface area (Å²) in [7, 11) is 0. The van der Waals surface area contributed by atoms with E-state index in [1.165, 1.54) is 36.0 Å². The predicted octanol–water partition coefficient (Wildman–Crippen LogP) is 4.04. The molecule has 2 fully saturated rings. The second-order valence-electron chi connectivity index (χ2n) is 7.79. The summed E-state index contributed by atoms with van der Waals surface area (Å²) in [6.07, 6.45) is 2.70. The summed E-state index contributed by atoms with van der Waals surface area (Å²) in [5.74, 6) is -0.511. The van der Waals surface area contributed by atoms with Crippen LogP contribution in [-0.4, -0.2) is 29.0 Å². The summed E-state index contributed by atoms with van der Waals surface area (Å²) in [4.78, 5) is 28.9. The van der Waals surface area contributed by atoms with Crippen molar-refractivity contribution in [2.75, 3.05) is 17.2 Å². The van der Waals surface area contributed by atoms with E-state index in [0.717, 1.165) is 19.3 Å². The molecule has 1 spiro atoms. The highest BCUT2D eigenvalue weighted by Crippen LogP contribution is 2.55. The number of carbonyl (C=O) groups is 2. The lowest BCUT2D eigenvalue weighted by Crippen LogP contribution is -2.52. The summed E-state index contributed by atoms with van der Waals surface area (Å²) in [5.41, 5.74) is 1.75. The molecule has 1 atom stereocenters. The topological polar surface area (TPSA) is 40.6 Å². The van der Waals surface area contributed by atoms with Crippen molar-refractivity contribution >= 4 is 29.3 Å². The minimum absolute atomic E-state index is 0.0163. The molecule has 5 rings (SSSR count). The maximum absolute atomic E-state index is 14.2. The van der Waals surface area contributed by atoms with Gasteiger partial charge in [-0.2, -0.15) is 0 Å². The molecule has 3 aliphatic rings. The van der Waals surface area contributed by atoms with Crippen LogP contribution in [0.15, 0.2) is 42.5 Å². The molecular weight excluding hydrogens is 394 g/mol. The van der Waals surface area contributed by atoms with Gasteiger partial charge in [0.1, 0.15) is 11.6 Å². The maximum Gasteiger partial charge on any atom is 0.268 e. The molecule has 150 valence electrons. The molecule has 1 saturated carbocycles. The average molecular weight is 414 g/mol. The number of halogens is 2. The fraction of sp³-hybridized carbons (Fsp3) is 0.364. The van der Waals surface area contributed by atoms with Gasteiger partial charge in [0.15, 0.2) is 4.87 Å². The van der Waals surface area contributed by atoms with Gasteiger partial charge >= 0.3 is 0 Å². The van der Waals surface area contributed by atoms with E-state index in [2.05, 4.69) is 0 Å². The molecule has 0 bridgehead atoms. The minimum Gasteiger partial charge on any atom is -0.315 e. The van der Waals surface area contributed by atoms with Crippen LogP contribution in [0.1, 0.15) is 30.4 Å². The van der Waals surface area contributed by atoms with Gasteiger partial charge in [-0.15, -0.1) is 11.8 Å². The lowest BCUT2D eigenvalue weighted by Gasteiger charge is -2.37. The number of hydrogen-bond acceptors (Lipinski definition) is 3. The van der Waals surface area contributed by atoms with Gasteiger partial charge in [-0.25, -0.2) is 8.78 Å². The zero-order valence-electron chi connectivity index (χ0n) is 15.7. The van der Waals surface area contributed by atoms with Crippen LogP contribution in [-0.2, 0) is 21.0 Å². The van der Waals surface area contributed by atoms with E-state index in [1.807, 2.05) is 0 Å². The van der Waals surface area contributed by atoms with Crippen molar-refractivity contribution in [3.05, 3.63) is 65.2 Å². The van der Waals surface area contributed by atoms with Crippen molar-refractivity contribution in [1.29, 1.82) is 0 Å². The summed E-state index contributed by atoms with van der Waals surface area (Å²) in [6, 6.07) is 10.4. The van der Waals surface area contributed by atoms with Crippen LogP contribution < -0.4 is 4.90 Å². The molecule has 2 amide bonds. The highest BCUT2D eigenvalue weighted by molar-refractivity contribution is 8.01. The van der Waals surface area contributed by atoms with Gasteiger partial charge < -0.3 is 9.80 Å². The fourth-order valence-electron chi connectivity index (χ4n) is 4.46. The van der Waals surface area contributed by atoms with Crippen molar-refractivity contribution in [1.82, 2.24) is 4.90 Å². The van der Waals surface area contributed by atoms with Gasteiger partial charge in [-0.05, 0) is 48.7 Å². The quantitative estimate of drug-likeness (QED) is 0.761. The van der Waals surface area contributed by atoms with Crippen molar-refractivity contribution in [2.24, 2.45) is 5.92 Å². The predicted molar refractivity (Wildman–Crippen MR) is 107 cm³/mol. The smallest absolute Gasteiger partial charge is 0.268 e. The van der Waals surface area contributed by atoms with E-state index in [9.17, 15) is 18.4 Å². The number of carbonyl (C=O) groups excluding carboxylic acids is 2. The highest BCUT2D eigenvalue weighted by Gasteiger charge is 2.60. The molecule has 0 N–H and O–H groups in total. The number of fused-ring (bicyclic) bond motifs is 2. The molecule has 2 aromatic rings. The van der Waals surface area contributed by atoms with E-state index in [0.29, 0.717) is 29.1 Å². The van der Waals surface area contributed by atoms with Gasteiger partial charge in [0.25, 0.3) is 5.91 Å². The molecule has 4 nitrogen and oxygen atoms in total. The van der Waals surface area contributed by atoms with Crippen molar-refractivity contribution in [2.45, 2.75) is 30.7 Å². The van der Waals surface area contributed by atoms with E-state index >= 15 is 0 Å². The van der Waals surface area contributed by atoms with E-state index in [1.54, 1.807) is 28.0 Å². The summed E-state index contributed by atoms with van der Waals surface area (Å²) in [5, 5.41) is 0. The van der Waals surface area contributed by atoms with Crippen LogP contribution >= 0.6 is 11.8 Å². The number of hydrogen-bond donors (Lipinski definition) is 0. The van der Waals surface area contributed by atoms with Gasteiger partial charge in [0.05, 0.1) is 12.2 Å². The Morgan fingerprint density at radius 2 is 1.93 bits per heavy atom. The largest absolute Gasteiger partial charge is 0.315 e. The molecule has 2 aliphatic heterocycles. The standard InChI is InChI=1S/C22H20F2N2O2S/c23-16-6-1-3-14(11-16)13-25-19-8-7-17(24)12-18(19)22(21(25)28)26(9-10-29-22)20(27)15-4-2-5-15/h1,3,6-8,11-12,15H,2,4-5,9-10,13H2. The van der Waals surface area contributed by atoms with Crippen LogP contribution in [0.2, 0.25) is 0 Å². The highest BCUT2D eigenvalue weighted by atomic mass is 32.2. The number of amides is 2. The maximum atomic E-state index is 14.2. The molecule has 2 heterocycles. The Labute approximate surface area is 171 Å². The lowest BCUT2D eigenvalue weighted by atomic mass is 9.84. The Morgan fingerprint density at radius 1 is 1.14 bits per heavy atom. The average Bonchev–Trinajstić information content (AvgIpc) is 3.18. The van der Waals surface area contributed by atoms with E-state index < -0.39 is 10.7 Å². The zero-order chi connectivity index (χ0) is 20.2. The molecule has 2 aromatic carbocycles. The van der Waals surface area contributed by atoms with Crippen molar-refractivity contribution in [3.63, 3.8) is 0 Å². The minimum atomic E-state index is -1.22. The van der Waals surface area contributed by atoms with Gasteiger partial charge in [0.2, 0.25) is 5.91 Å². The Balaban J connectivity index is 1.58. The second kappa shape index (κ2) is 6.83. The number of benzene rings is 2. The number of thioether (sulfide) groups is 1. The Bertz CT molecular complexity index is 1010. The summed E-state index contributed by atoms with van der Waals surface area (Å²) >= 11 is 1.39. The van der Waals surface area contributed by atoms with E-state index in [4.69, 9.17) is 0 Å². The monoisotopic (exact) mass is 414 g/mol. The first-order valence-corrected chi connectivity index (χ1v) is 10.8. The van der Waals surface area contributed by atoms with Gasteiger partial charge in [-0.1, -0.05) is 18.6 Å². The van der Waals surface area contributed by atoms with E-state index in [-0.39, 0.29) is 30.1 Å². The molecular formula is C22H20F2N2O2S. The molecule has 29 heavy (non-hydrogen) atoms. The molecule has 7 heteroatoms. The van der Waals surface area contributed by atoms with Crippen molar-refractivity contribution in [3.8, 4) is 0 Å². The summed E-state index contributed by atoms with van der Waals surface area (Å²) < 4.78 is 27.9. The van der Waals surface area contributed by atoms with Crippen LogP contribution in [0.5, 0.6) is 0 Å². The fourth-order valence-corrected chi connectivity index (χ4v) is 5.92. The lowest BCUT2D eigenvalue weighted by molar-refractivity contribution is -0.145. The second-order valence-corrected chi connectivity index (χ2v) is 9.08. The number of rotatable bonds is 3. The number of anilines is 1. The van der Waals surface area contributed by atoms with Crippen LogP contribution in [0.4, 0.5) is 14.5 Å². The first-order chi connectivity index (χ1) is 14.0. The first kappa shape index (κ1) is 18.6. The van der Waals surface area contributed by atoms with Gasteiger partial charge in [0, 0.05) is 23.8 Å². The van der Waals surface area contributed by atoms with Crippen molar-refractivity contribution < 1.29 is 18.4 Å². The normalized spacial score (nSPS) is 23.6. The van der Waals surface area contributed by atoms with Gasteiger partial charge in [-0.3, -0.25) is 9.59 Å². The summed E-state index contributed by atoms with van der Waals surface area (Å²) in [6.45, 7) is 0.637. The molecule has 1 unspecified atom stereocenters. The van der Waals surface area contributed by atoms with Crippen LogP contribution in [0.25, 0.3) is 0 Å². The Morgan fingerprint density at radius 3 is 2.66 bits per heavy atom. The zero-order valence-corrected chi connectivity index (χ0v) is 16.6. The SMILES string of the molecule is O=C(C1CCC1)N1CCSC12C(=O)N(Cc1cccc(F)c1)c1ccc(F)cc12. The Kier molecular flexibility index (Phi) is 4.38. The molecule has 0 aromatic heterocycles. The van der Waals surface area contributed by atoms with Crippen LogP contribution in [0.3, 0.4) is 0 Å². The van der Waals surface area contributed by atoms with Crippen LogP contribution in [0, 0.1) is 17.6 Å². The third-order valence-corrected chi connectivity index (χ3v) is 7.53. The third kappa shape index (κ3) is 2.78.